The third kappa shape index (κ3) is 3.77. The van der Waals surface area contributed by atoms with E-state index in [0.717, 1.165) is 38.5 Å². The van der Waals surface area contributed by atoms with E-state index < -0.39 is 17.7 Å². The maximum atomic E-state index is 12.1. The van der Waals surface area contributed by atoms with Crippen LogP contribution in [0.1, 0.15) is 45.4 Å². The summed E-state index contributed by atoms with van der Waals surface area (Å²) in [6.45, 7) is 5.62. The molecule has 2 aliphatic carbocycles. The Labute approximate surface area is 126 Å². The van der Waals surface area contributed by atoms with E-state index in [4.69, 9.17) is 9.47 Å². The third-order valence-electron chi connectivity index (χ3n) is 4.73. The molecule has 0 bridgehead atoms. The molecule has 0 aliphatic heterocycles. The van der Waals surface area contributed by atoms with E-state index >= 15 is 0 Å². The standard InChI is InChI=1S/C16H25NO4/c1-4-7-12-10-16(12,2)21-15(19)17-13(14(18)20-3)11-8-5-6-9-11/h4,11-13H,1,5-10H2,2-3H3,(H,17,19)/t12-,13-,16-/m0/s1. The number of allylic oxidation sites excluding steroid dienone is 1. The Morgan fingerprint density at radius 3 is 2.67 bits per heavy atom. The summed E-state index contributed by atoms with van der Waals surface area (Å²) in [5.41, 5.74) is -0.422. The minimum atomic E-state index is -0.592. The van der Waals surface area contributed by atoms with Crippen LogP contribution in [0.5, 0.6) is 0 Å². The van der Waals surface area contributed by atoms with Crippen LogP contribution in [-0.4, -0.2) is 30.8 Å². The first-order valence-corrected chi connectivity index (χ1v) is 7.68. The largest absolute Gasteiger partial charge is 0.467 e. The molecule has 0 radical (unpaired) electrons. The van der Waals surface area contributed by atoms with Gasteiger partial charge in [0.05, 0.1) is 7.11 Å². The Morgan fingerprint density at radius 1 is 1.43 bits per heavy atom. The van der Waals surface area contributed by atoms with Crippen molar-refractivity contribution in [2.24, 2.45) is 11.8 Å². The maximum absolute atomic E-state index is 12.1. The lowest BCUT2D eigenvalue weighted by Gasteiger charge is -2.23. The van der Waals surface area contributed by atoms with Crippen LogP contribution >= 0.6 is 0 Å². The summed E-state index contributed by atoms with van der Waals surface area (Å²) in [6.07, 6.45) is 7.07. The molecule has 5 heteroatoms. The topological polar surface area (TPSA) is 64.6 Å². The van der Waals surface area contributed by atoms with E-state index in [1.54, 1.807) is 0 Å². The average molecular weight is 295 g/mol. The summed E-state index contributed by atoms with van der Waals surface area (Å²) < 4.78 is 10.3. The molecule has 0 aromatic carbocycles. The number of alkyl carbamates (subject to hydrolysis) is 1. The van der Waals surface area contributed by atoms with Gasteiger partial charge in [-0.3, -0.25) is 0 Å². The summed E-state index contributed by atoms with van der Waals surface area (Å²) in [7, 11) is 1.35. The van der Waals surface area contributed by atoms with E-state index in [9.17, 15) is 9.59 Å². The van der Waals surface area contributed by atoms with Gasteiger partial charge < -0.3 is 14.8 Å². The molecule has 0 unspecified atom stereocenters. The lowest BCUT2D eigenvalue weighted by molar-refractivity contribution is -0.144. The molecule has 2 fully saturated rings. The molecule has 3 atom stereocenters. The number of carbonyl (C=O) groups excluding carboxylic acids is 2. The zero-order chi connectivity index (χ0) is 15.5. The van der Waals surface area contributed by atoms with E-state index in [0.29, 0.717) is 5.92 Å². The van der Waals surface area contributed by atoms with Gasteiger partial charge in [-0.2, -0.15) is 0 Å². The summed E-state index contributed by atoms with van der Waals surface area (Å²) in [5.74, 6) is 0.104. The first kappa shape index (κ1) is 15.9. The Hall–Kier alpha value is -1.52. The number of methoxy groups -OCH3 is 1. The van der Waals surface area contributed by atoms with Crippen molar-refractivity contribution < 1.29 is 19.1 Å². The van der Waals surface area contributed by atoms with Gasteiger partial charge in [0.1, 0.15) is 11.6 Å². The summed E-state index contributed by atoms with van der Waals surface area (Å²) in [5, 5.41) is 2.71. The number of carbonyl (C=O) groups is 2. The van der Waals surface area contributed by atoms with Gasteiger partial charge in [-0.15, -0.1) is 6.58 Å². The highest BCUT2D eigenvalue weighted by Gasteiger charge is 2.53. The van der Waals surface area contributed by atoms with Crippen molar-refractivity contribution in [1.82, 2.24) is 5.32 Å². The molecule has 21 heavy (non-hydrogen) atoms. The van der Waals surface area contributed by atoms with Crippen LogP contribution in [-0.2, 0) is 14.3 Å². The van der Waals surface area contributed by atoms with Crippen molar-refractivity contribution >= 4 is 12.1 Å². The van der Waals surface area contributed by atoms with Crippen LogP contribution < -0.4 is 5.32 Å². The van der Waals surface area contributed by atoms with Crippen LogP contribution in [0.15, 0.2) is 12.7 Å². The molecule has 118 valence electrons. The number of hydrogen-bond acceptors (Lipinski definition) is 4. The van der Waals surface area contributed by atoms with Crippen LogP contribution in [0, 0.1) is 11.8 Å². The minimum absolute atomic E-state index is 0.154. The van der Waals surface area contributed by atoms with E-state index in [-0.39, 0.29) is 11.9 Å². The lowest BCUT2D eigenvalue weighted by Crippen LogP contribution is -2.47. The van der Waals surface area contributed by atoms with Gasteiger partial charge in [0.15, 0.2) is 0 Å². The van der Waals surface area contributed by atoms with Crippen molar-refractivity contribution in [2.75, 3.05) is 7.11 Å². The van der Waals surface area contributed by atoms with Crippen molar-refractivity contribution in [3.05, 3.63) is 12.7 Å². The van der Waals surface area contributed by atoms with E-state index in [1.165, 1.54) is 7.11 Å². The predicted octanol–water partition coefficient (Wildman–Crippen LogP) is 2.80. The molecule has 5 nitrogen and oxygen atoms in total. The van der Waals surface area contributed by atoms with Gasteiger partial charge in [-0.1, -0.05) is 18.9 Å². The van der Waals surface area contributed by atoms with Gasteiger partial charge in [0, 0.05) is 5.92 Å². The Morgan fingerprint density at radius 2 is 2.10 bits per heavy atom. The summed E-state index contributed by atoms with van der Waals surface area (Å²) >= 11 is 0. The fraction of sp³-hybridized carbons (Fsp3) is 0.750. The van der Waals surface area contributed by atoms with Gasteiger partial charge in [-0.05, 0) is 38.5 Å². The quantitative estimate of drug-likeness (QED) is 0.604. The Balaban J connectivity index is 1.89. The van der Waals surface area contributed by atoms with Crippen LogP contribution in [0.3, 0.4) is 0 Å². The van der Waals surface area contributed by atoms with Crippen molar-refractivity contribution in [3.63, 3.8) is 0 Å². The first-order chi connectivity index (χ1) is 10.00. The van der Waals surface area contributed by atoms with E-state index in [2.05, 4.69) is 11.9 Å². The van der Waals surface area contributed by atoms with Crippen LogP contribution in [0.4, 0.5) is 4.79 Å². The van der Waals surface area contributed by atoms with E-state index in [1.807, 2.05) is 13.0 Å². The van der Waals surface area contributed by atoms with Gasteiger partial charge >= 0.3 is 12.1 Å². The molecule has 0 heterocycles. The molecule has 2 aliphatic rings. The molecule has 0 aromatic heterocycles. The number of rotatable bonds is 6. The SMILES string of the molecule is C=CC[C@H]1C[C@]1(C)OC(=O)N[C@H](C(=O)OC)C1CCCC1. The monoisotopic (exact) mass is 295 g/mol. The summed E-state index contributed by atoms with van der Waals surface area (Å²) in [6, 6.07) is -0.592. The van der Waals surface area contributed by atoms with Crippen LogP contribution in [0.2, 0.25) is 0 Å². The molecule has 2 rings (SSSR count). The third-order valence-corrected chi connectivity index (χ3v) is 4.73. The number of hydrogen-bond donors (Lipinski definition) is 1. The normalized spacial score (nSPS) is 29.5. The van der Waals surface area contributed by atoms with Gasteiger partial charge in [0.25, 0.3) is 0 Å². The zero-order valence-corrected chi connectivity index (χ0v) is 12.9. The fourth-order valence-corrected chi connectivity index (χ4v) is 3.24. The molecule has 2 saturated carbocycles. The minimum Gasteiger partial charge on any atom is -0.467 e. The summed E-state index contributed by atoms with van der Waals surface area (Å²) in [4.78, 5) is 23.9. The zero-order valence-electron chi connectivity index (χ0n) is 12.9. The smallest absolute Gasteiger partial charge is 0.408 e. The molecule has 0 aromatic rings. The van der Waals surface area contributed by atoms with Gasteiger partial charge in [-0.25, -0.2) is 9.59 Å². The van der Waals surface area contributed by atoms with Crippen molar-refractivity contribution in [3.8, 4) is 0 Å². The molecule has 1 amide bonds. The first-order valence-electron chi connectivity index (χ1n) is 7.68. The van der Waals surface area contributed by atoms with Crippen LogP contribution in [0.25, 0.3) is 0 Å². The number of nitrogens with one attached hydrogen (secondary N) is 1. The molecular weight excluding hydrogens is 270 g/mol. The lowest BCUT2D eigenvalue weighted by atomic mass is 9.98. The Kier molecular flexibility index (Phi) is 4.91. The predicted molar refractivity (Wildman–Crippen MR) is 78.7 cm³/mol. The average Bonchev–Trinajstić information content (AvgIpc) is 2.88. The molecular formula is C16H25NO4. The molecule has 0 spiro atoms. The highest BCUT2D eigenvalue weighted by Crippen LogP contribution is 2.48. The second-order valence-electron chi connectivity index (χ2n) is 6.32. The number of ether oxygens (including phenoxy) is 2. The van der Waals surface area contributed by atoms with Gasteiger partial charge in [0.2, 0.25) is 0 Å². The second kappa shape index (κ2) is 6.50. The second-order valence-corrected chi connectivity index (χ2v) is 6.32. The Bertz CT molecular complexity index is 417. The highest BCUT2D eigenvalue weighted by molar-refractivity contribution is 5.81. The highest BCUT2D eigenvalue weighted by atomic mass is 16.6. The molecule has 1 N–H and O–H groups in total. The van der Waals surface area contributed by atoms with Crippen molar-refractivity contribution in [2.45, 2.75) is 57.1 Å². The maximum Gasteiger partial charge on any atom is 0.408 e. The fourth-order valence-electron chi connectivity index (χ4n) is 3.24. The number of esters is 1. The number of amides is 1. The van der Waals surface area contributed by atoms with Crippen molar-refractivity contribution in [1.29, 1.82) is 0 Å². The molecule has 0 saturated heterocycles.